The molecule has 1 unspecified atom stereocenters. The Morgan fingerprint density at radius 3 is 2.53 bits per heavy atom. The lowest BCUT2D eigenvalue weighted by atomic mass is 9.86. The Bertz CT molecular complexity index is 1630. The van der Waals surface area contributed by atoms with Crippen LogP contribution in [0.3, 0.4) is 0 Å². The summed E-state index contributed by atoms with van der Waals surface area (Å²) in [4.78, 5) is 26.6. The Labute approximate surface area is 254 Å². The summed E-state index contributed by atoms with van der Waals surface area (Å²) < 4.78 is 19.3. The number of rotatable bonds is 11. The summed E-state index contributed by atoms with van der Waals surface area (Å²) >= 11 is 0. The predicted octanol–water partition coefficient (Wildman–Crippen LogP) is 6.32. The van der Waals surface area contributed by atoms with Crippen molar-refractivity contribution in [1.82, 2.24) is 19.9 Å². The van der Waals surface area contributed by atoms with E-state index in [1.807, 2.05) is 69.1 Å². The first-order valence-corrected chi connectivity index (χ1v) is 15.9. The van der Waals surface area contributed by atoms with E-state index in [1.54, 1.807) is 0 Å². The summed E-state index contributed by atoms with van der Waals surface area (Å²) in [6.07, 6.45) is 3.57. The van der Waals surface area contributed by atoms with Crippen molar-refractivity contribution < 1.29 is 18.8 Å². The van der Waals surface area contributed by atoms with E-state index in [9.17, 15) is 9.00 Å². The molecule has 0 amide bonds. The topological polar surface area (TPSA) is 132 Å². The minimum atomic E-state index is -1.18. The third-order valence-electron chi connectivity index (χ3n) is 7.56. The lowest BCUT2D eigenvalue weighted by Crippen LogP contribution is -2.36. The number of hydrogen-bond donors (Lipinski definition) is 4. The highest BCUT2D eigenvalue weighted by atomic mass is 32.2. The molecular formula is C32H40N6O4S. The van der Waals surface area contributed by atoms with Gasteiger partial charge in [-0.3, -0.25) is 13.9 Å². The molecule has 2 aromatic carbocycles. The van der Waals surface area contributed by atoms with Gasteiger partial charge in [0, 0.05) is 11.4 Å². The molecule has 0 saturated carbocycles. The Kier molecular flexibility index (Phi) is 9.31. The third-order valence-corrected chi connectivity index (χ3v) is 9.21. The lowest BCUT2D eigenvalue weighted by Gasteiger charge is -2.32. The lowest BCUT2D eigenvalue weighted by molar-refractivity contribution is -0.138. The Hall–Kier alpha value is -3.96. The van der Waals surface area contributed by atoms with Gasteiger partial charge in [-0.2, -0.15) is 9.97 Å². The molecular weight excluding hydrogens is 564 g/mol. The van der Waals surface area contributed by atoms with Crippen molar-refractivity contribution >= 4 is 50.9 Å². The fraction of sp³-hybridized carbons (Fsp3) is 0.406. The molecule has 4 aromatic rings. The summed E-state index contributed by atoms with van der Waals surface area (Å²) in [5, 5.41) is 16.8. The van der Waals surface area contributed by atoms with Gasteiger partial charge in [0.05, 0.1) is 45.1 Å². The number of hydrogen-bond acceptors (Lipinski definition) is 8. The van der Waals surface area contributed by atoms with Crippen molar-refractivity contribution in [1.29, 1.82) is 0 Å². The van der Waals surface area contributed by atoms with E-state index in [4.69, 9.17) is 19.8 Å². The van der Waals surface area contributed by atoms with Crippen molar-refractivity contribution in [2.75, 3.05) is 30.3 Å². The summed E-state index contributed by atoms with van der Waals surface area (Å²) in [6.45, 7) is 11.6. The highest BCUT2D eigenvalue weighted by Gasteiger charge is 2.25. The number of anilines is 4. The smallest absolute Gasteiger partial charge is 0.317 e. The molecule has 0 radical (unpaired) electrons. The maximum absolute atomic E-state index is 13.0. The largest absolute Gasteiger partial charge is 0.489 e. The zero-order chi connectivity index (χ0) is 30.7. The van der Waals surface area contributed by atoms with Crippen LogP contribution in [0, 0.1) is 6.92 Å². The Balaban J connectivity index is 1.45. The number of fused-ring (bicyclic) bond motifs is 1. The molecule has 228 valence electrons. The van der Waals surface area contributed by atoms with Gasteiger partial charge in [0.25, 0.3) is 0 Å². The van der Waals surface area contributed by atoms with Crippen LogP contribution >= 0.6 is 0 Å². The first-order valence-electron chi connectivity index (χ1n) is 14.7. The second kappa shape index (κ2) is 13.1. The monoisotopic (exact) mass is 604 g/mol. The third kappa shape index (κ3) is 7.17. The Morgan fingerprint density at radius 2 is 1.84 bits per heavy atom. The number of ether oxygens (including phenoxy) is 1. The van der Waals surface area contributed by atoms with E-state index < -0.39 is 16.8 Å². The average Bonchev–Trinajstić information content (AvgIpc) is 3.43. The molecule has 0 spiro atoms. The standard InChI is InChI=1S/C32H40N6O4S/c1-19(2)42-27-17-24(22-11-14-38(15-12-22)18-29(39)40)21(5)16-26(27)35-32-36-30-23(10-13-33-30)31(37-32)34-25-8-6-7-9-28(25)43(41)20(3)4/h6-10,13,16-17,19-20,22H,11-12,14-15,18H2,1-5H3,(H,39,40)(H3,33,34,35,36,37). The van der Waals surface area contributed by atoms with E-state index in [-0.39, 0.29) is 17.9 Å². The molecule has 4 N–H and O–H groups in total. The number of H-pyrrole nitrogens is 1. The summed E-state index contributed by atoms with van der Waals surface area (Å²) in [5.74, 6) is 1.24. The van der Waals surface area contributed by atoms with Gasteiger partial charge in [-0.05, 0) is 94.1 Å². The number of carboxylic acids is 1. The van der Waals surface area contributed by atoms with Gasteiger partial charge < -0.3 is 25.5 Å². The van der Waals surface area contributed by atoms with Crippen molar-refractivity contribution in [2.24, 2.45) is 0 Å². The number of aromatic nitrogens is 3. The summed E-state index contributed by atoms with van der Waals surface area (Å²) in [5.41, 5.74) is 4.50. The molecule has 1 aliphatic rings. The average molecular weight is 605 g/mol. The second-order valence-electron chi connectivity index (χ2n) is 11.5. The van der Waals surface area contributed by atoms with Crippen LogP contribution in [0.1, 0.15) is 57.6 Å². The SMILES string of the molecule is Cc1cc(Nc2nc(Nc3ccccc3S(=O)C(C)C)c3cc[nH]c3n2)c(OC(C)C)cc1C1CCN(CC(=O)O)CC1. The maximum atomic E-state index is 13.0. The van der Waals surface area contributed by atoms with E-state index in [0.717, 1.165) is 53.2 Å². The molecule has 3 heterocycles. The van der Waals surface area contributed by atoms with E-state index in [2.05, 4.69) is 34.7 Å². The molecule has 1 saturated heterocycles. The summed E-state index contributed by atoms with van der Waals surface area (Å²) in [6, 6.07) is 13.7. The molecule has 10 nitrogen and oxygen atoms in total. The van der Waals surface area contributed by atoms with Gasteiger partial charge in [-0.1, -0.05) is 26.0 Å². The zero-order valence-electron chi connectivity index (χ0n) is 25.3. The molecule has 5 rings (SSSR count). The molecule has 2 aromatic heterocycles. The predicted molar refractivity (Wildman–Crippen MR) is 171 cm³/mol. The number of likely N-dealkylation sites (tertiary alicyclic amines) is 1. The van der Waals surface area contributed by atoms with Crippen molar-refractivity contribution in [3.05, 3.63) is 59.8 Å². The van der Waals surface area contributed by atoms with Gasteiger partial charge in [0.2, 0.25) is 5.95 Å². The first kappa shape index (κ1) is 30.5. The van der Waals surface area contributed by atoms with Gasteiger partial charge in [0.1, 0.15) is 17.2 Å². The molecule has 0 bridgehead atoms. The number of nitrogens with zero attached hydrogens (tertiary/aromatic N) is 3. The van der Waals surface area contributed by atoms with Crippen LogP contribution in [0.4, 0.5) is 23.1 Å². The number of para-hydroxylation sites is 1. The number of nitrogens with one attached hydrogen (secondary N) is 3. The summed E-state index contributed by atoms with van der Waals surface area (Å²) in [7, 11) is -1.18. The van der Waals surface area contributed by atoms with E-state index in [0.29, 0.717) is 29.1 Å². The first-order chi connectivity index (χ1) is 20.6. The van der Waals surface area contributed by atoms with Crippen LogP contribution in [-0.4, -0.2) is 66.1 Å². The molecule has 1 fully saturated rings. The van der Waals surface area contributed by atoms with Crippen LogP contribution in [-0.2, 0) is 15.6 Å². The van der Waals surface area contributed by atoms with E-state index >= 15 is 0 Å². The molecule has 1 atom stereocenters. The molecule has 43 heavy (non-hydrogen) atoms. The number of carbonyl (C=O) groups is 1. The van der Waals surface area contributed by atoms with Crippen LogP contribution in [0.2, 0.25) is 0 Å². The van der Waals surface area contributed by atoms with Gasteiger partial charge in [-0.25, -0.2) is 0 Å². The number of aryl methyl sites for hydroxylation is 1. The number of aromatic amines is 1. The highest BCUT2D eigenvalue weighted by molar-refractivity contribution is 7.85. The minimum Gasteiger partial charge on any atom is -0.489 e. The number of piperidine rings is 1. The van der Waals surface area contributed by atoms with Crippen LogP contribution in [0.5, 0.6) is 5.75 Å². The van der Waals surface area contributed by atoms with Crippen molar-refractivity contribution in [2.45, 2.75) is 69.6 Å². The van der Waals surface area contributed by atoms with Gasteiger partial charge >= 0.3 is 5.97 Å². The maximum Gasteiger partial charge on any atom is 0.317 e. The molecule has 11 heteroatoms. The minimum absolute atomic E-state index is 0.0271. The molecule has 1 aliphatic heterocycles. The quantitative estimate of drug-likeness (QED) is 0.155. The zero-order valence-corrected chi connectivity index (χ0v) is 26.1. The van der Waals surface area contributed by atoms with E-state index in [1.165, 1.54) is 5.56 Å². The van der Waals surface area contributed by atoms with Crippen molar-refractivity contribution in [3.8, 4) is 5.75 Å². The fourth-order valence-corrected chi connectivity index (χ4v) is 6.58. The van der Waals surface area contributed by atoms with Crippen LogP contribution < -0.4 is 15.4 Å². The highest BCUT2D eigenvalue weighted by Crippen LogP contribution is 2.38. The van der Waals surface area contributed by atoms with Crippen molar-refractivity contribution in [3.63, 3.8) is 0 Å². The molecule has 0 aliphatic carbocycles. The number of carboxylic acid groups (broad SMARTS) is 1. The van der Waals surface area contributed by atoms with Crippen LogP contribution in [0.25, 0.3) is 11.0 Å². The van der Waals surface area contributed by atoms with Gasteiger partial charge in [0.15, 0.2) is 0 Å². The second-order valence-corrected chi connectivity index (χ2v) is 13.5. The Morgan fingerprint density at radius 1 is 1.09 bits per heavy atom. The number of benzene rings is 2. The fourth-order valence-electron chi connectivity index (χ4n) is 5.53. The van der Waals surface area contributed by atoms with Gasteiger partial charge in [-0.15, -0.1) is 0 Å². The van der Waals surface area contributed by atoms with Crippen LogP contribution in [0.15, 0.2) is 53.6 Å². The normalized spacial score (nSPS) is 15.2. The number of aliphatic carboxylic acids is 1.